The maximum Gasteiger partial charge on any atom is 0.192 e. The van der Waals surface area contributed by atoms with E-state index >= 15 is 0 Å². The molecule has 0 N–H and O–H groups in total. The molecule has 1 atom stereocenters. The molecule has 32 heavy (non-hydrogen) atoms. The fraction of sp³-hybridized carbons (Fsp3) is 0.429. The molecule has 0 aromatic heterocycles. The molecular formula is C28H41NO2Si. The molecule has 0 fully saturated rings. The lowest BCUT2D eigenvalue weighted by atomic mass is 10.1. The van der Waals surface area contributed by atoms with Gasteiger partial charge in [-0.2, -0.15) is 0 Å². The minimum Gasteiger partial charge on any atom is -0.489 e. The average Bonchev–Trinajstić information content (AvgIpc) is 2.76. The Balaban J connectivity index is 2.08. The van der Waals surface area contributed by atoms with Crippen LogP contribution >= 0.6 is 0 Å². The van der Waals surface area contributed by atoms with E-state index in [0.717, 1.165) is 18.8 Å². The Bertz CT molecular complexity index is 841. The highest BCUT2D eigenvalue weighted by molar-refractivity contribution is 6.74. The molecule has 0 heterocycles. The van der Waals surface area contributed by atoms with E-state index < -0.39 is 8.32 Å². The number of benzene rings is 2. The van der Waals surface area contributed by atoms with E-state index in [4.69, 9.17) is 9.16 Å². The second-order valence-electron chi connectivity index (χ2n) is 9.94. The van der Waals surface area contributed by atoms with Crippen molar-refractivity contribution in [1.29, 1.82) is 0 Å². The number of hydrogen-bond acceptors (Lipinski definition) is 3. The van der Waals surface area contributed by atoms with Crippen LogP contribution in [0.25, 0.3) is 0 Å². The van der Waals surface area contributed by atoms with Crippen LogP contribution in [0.1, 0.15) is 33.3 Å². The molecule has 0 aliphatic carbocycles. The van der Waals surface area contributed by atoms with Gasteiger partial charge in [-0.05, 0) is 48.3 Å². The van der Waals surface area contributed by atoms with Crippen molar-refractivity contribution in [3.8, 4) is 5.75 Å². The van der Waals surface area contributed by atoms with Gasteiger partial charge in [0.1, 0.15) is 12.4 Å². The lowest BCUT2D eigenvalue weighted by Crippen LogP contribution is -2.45. The summed E-state index contributed by atoms with van der Waals surface area (Å²) < 4.78 is 12.5. The maximum atomic E-state index is 6.56. The zero-order valence-electron chi connectivity index (χ0n) is 20.8. The van der Waals surface area contributed by atoms with Crippen molar-refractivity contribution >= 4 is 8.32 Å². The minimum atomic E-state index is -1.83. The molecule has 2 aromatic carbocycles. The quantitative estimate of drug-likeness (QED) is 0.254. The second kappa shape index (κ2) is 12.2. The van der Waals surface area contributed by atoms with Crippen LogP contribution in [0.15, 0.2) is 85.0 Å². The van der Waals surface area contributed by atoms with Gasteiger partial charge in [-0.25, -0.2) is 0 Å². The monoisotopic (exact) mass is 451 g/mol. The summed E-state index contributed by atoms with van der Waals surface area (Å²) >= 11 is 0. The third kappa shape index (κ3) is 8.42. The van der Waals surface area contributed by atoms with E-state index in [0.29, 0.717) is 13.2 Å². The van der Waals surface area contributed by atoms with Crippen LogP contribution in [0.3, 0.4) is 0 Å². The number of ether oxygens (including phenoxy) is 1. The van der Waals surface area contributed by atoms with Crippen LogP contribution in [0, 0.1) is 0 Å². The molecule has 0 saturated heterocycles. The predicted molar refractivity (Wildman–Crippen MR) is 140 cm³/mol. The molecule has 0 radical (unpaired) electrons. The molecular weight excluding hydrogens is 410 g/mol. The summed E-state index contributed by atoms with van der Waals surface area (Å²) in [5.41, 5.74) is 2.50. The first kappa shape index (κ1) is 26.1. The van der Waals surface area contributed by atoms with E-state index in [1.807, 2.05) is 36.4 Å². The van der Waals surface area contributed by atoms with E-state index in [9.17, 15) is 0 Å². The molecule has 0 aliphatic heterocycles. The molecule has 2 rings (SSSR count). The first-order valence-electron chi connectivity index (χ1n) is 11.5. The Hall–Kier alpha value is -2.14. The van der Waals surface area contributed by atoms with Gasteiger partial charge in [0, 0.05) is 13.1 Å². The summed E-state index contributed by atoms with van der Waals surface area (Å²) in [6.07, 6.45) is 4.29. The van der Waals surface area contributed by atoms with Gasteiger partial charge in [0.25, 0.3) is 0 Å². The Morgan fingerprint density at radius 1 is 1.03 bits per heavy atom. The highest BCUT2D eigenvalue weighted by atomic mass is 28.4. The summed E-state index contributed by atoms with van der Waals surface area (Å²) in [6.45, 7) is 20.6. The van der Waals surface area contributed by atoms with Crippen LogP contribution < -0.4 is 4.74 Å². The van der Waals surface area contributed by atoms with Crippen molar-refractivity contribution in [3.05, 3.63) is 90.5 Å². The van der Waals surface area contributed by atoms with Gasteiger partial charge in [0.2, 0.25) is 0 Å². The highest BCUT2D eigenvalue weighted by Gasteiger charge is 2.37. The first-order valence-corrected chi connectivity index (χ1v) is 14.4. The molecule has 0 amide bonds. The standard InChI is InChI=1S/C28H41NO2Si/c1-8-26(23-31-32(6,7)28(3,4)5)29(21-25-15-11-9-12-16-25)20-19-24(2)22-30-27-17-13-10-14-18-27/h8-19,26H,1,20-23H2,2-7H3/b24-19-/t26-/m0/s1. The summed E-state index contributed by atoms with van der Waals surface area (Å²) in [4.78, 5) is 2.43. The summed E-state index contributed by atoms with van der Waals surface area (Å²) in [6, 6.07) is 20.7. The van der Waals surface area contributed by atoms with Crippen LogP contribution in [0.4, 0.5) is 0 Å². The van der Waals surface area contributed by atoms with Crippen LogP contribution in [-0.4, -0.2) is 39.0 Å². The van der Waals surface area contributed by atoms with Crippen molar-refractivity contribution < 1.29 is 9.16 Å². The van der Waals surface area contributed by atoms with E-state index in [1.165, 1.54) is 11.1 Å². The third-order valence-corrected chi connectivity index (χ3v) is 10.8. The zero-order valence-corrected chi connectivity index (χ0v) is 21.8. The lowest BCUT2D eigenvalue weighted by Gasteiger charge is -2.38. The molecule has 4 heteroatoms. The predicted octanol–water partition coefficient (Wildman–Crippen LogP) is 7.09. The maximum absolute atomic E-state index is 6.56. The summed E-state index contributed by atoms with van der Waals surface area (Å²) in [5.74, 6) is 0.896. The summed E-state index contributed by atoms with van der Waals surface area (Å²) in [5, 5.41) is 0.189. The summed E-state index contributed by atoms with van der Waals surface area (Å²) in [7, 11) is -1.83. The number of hydrogen-bond donors (Lipinski definition) is 0. The van der Waals surface area contributed by atoms with Crippen molar-refractivity contribution in [2.45, 2.75) is 58.4 Å². The van der Waals surface area contributed by atoms with Gasteiger partial charge in [0.05, 0.1) is 12.6 Å². The minimum absolute atomic E-state index is 0.142. The van der Waals surface area contributed by atoms with E-state index in [-0.39, 0.29) is 11.1 Å². The van der Waals surface area contributed by atoms with Gasteiger partial charge in [-0.3, -0.25) is 4.90 Å². The molecule has 3 nitrogen and oxygen atoms in total. The fourth-order valence-electron chi connectivity index (χ4n) is 3.01. The first-order chi connectivity index (χ1) is 15.1. The smallest absolute Gasteiger partial charge is 0.192 e. The van der Waals surface area contributed by atoms with Gasteiger partial charge >= 0.3 is 0 Å². The van der Waals surface area contributed by atoms with Gasteiger partial charge in [-0.1, -0.05) is 81.5 Å². The Morgan fingerprint density at radius 3 is 2.19 bits per heavy atom. The molecule has 0 unspecified atom stereocenters. The van der Waals surface area contributed by atoms with Gasteiger partial charge < -0.3 is 9.16 Å². The van der Waals surface area contributed by atoms with Crippen molar-refractivity contribution in [3.63, 3.8) is 0 Å². The van der Waals surface area contributed by atoms with Crippen LogP contribution in [0.2, 0.25) is 18.1 Å². The average molecular weight is 452 g/mol. The third-order valence-electron chi connectivity index (χ3n) is 6.27. The normalized spacial score (nSPS) is 13.8. The number of nitrogens with zero attached hydrogens (tertiary/aromatic N) is 1. The molecule has 0 spiro atoms. The topological polar surface area (TPSA) is 21.7 Å². The Morgan fingerprint density at radius 2 is 1.62 bits per heavy atom. The molecule has 0 saturated carbocycles. The zero-order chi connectivity index (χ0) is 23.6. The molecule has 0 aliphatic rings. The Labute approximate surface area is 196 Å². The van der Waals surface area contributed by atoms with Gasteiger partial charge in [0.15, 0.2) is 8.32 Å². The van der Waals surface area contributed by atoms with Crippen molar-refractivity contribution in [1.82, 2.24) is 4.90 Å². The molecule has 2 aromatic rings. The largest absolute Gasteiger partial charge is 0.489 e. The van der Waals surface area contributed by atoms with Crippen LogP contribution in [-0.2, 0) is 11.0 Å². The molecule has 0 bridgehead atoms. The highest BCUT2D eigenvalue weighted by Crippen LogP contribution is 2.36. The Kier molecular flexibility index (Phi) is 9.95. The molecule has 174 valence electrons. The van der Waals surface area contributed by atoms with Crippen molar-refractivity contribution in [2.24, 2.45) is 0 Å². The van der Waals surface area contributed by atoms with Gasteiger partial charge in [-0.15, -0.1) is 6.58 Å². The van der Waals surface area contributed by atoms with E-state index in [1.54, 1.807) is 0 Å². The van der Waals surface area contributed by atoms with Crippen molar-refractivity contribution in [2.75, 3.05) is 19.8 Å². The lowest BCUT2D eigenvalue weighted by molar-refractivity contribution is 0.161. The number of rotatable bonds is 12. The number of para-hydroxylation sites is 1. The van der Waals surface area contributed by atoms with Crippen LogP contribution in [0.5, 0.6) is 5.75 Å². The fourth-order valence-corrected chi connectivity index (χ4v) is 4.03. The second-order valence-corrected chi connectivity index (χ2v) is 14.8. The SMILES string of the molecule is C=C[C@@H](CO[Si](C)(C)C(C)(C)C)N(C/C=C(/C)COc1ccccc1)Cc1ccccc1. The van der Waals surface area contributed by atoms with E-state index in [2.05, 4.69) is 88.7 Å².